The van der Waals surface area contributed by atoms with Crippen LogP contribution in [0.5, 0.6) is 23.0 Å². The SMILES string of the molecule is COc1ccc(Oc2cccc3nc(C)c(O)cc23)cc1. The highest BCUT2D eigenvalue weighted by Gasteiger charge is 2.08. The van der Waals surface area contributed by atoms with Crippen LogP contribution in [0.25, 0.3) is 10.9 Å². The number of hydrogen-bond donors (Lipinski definition) is 1. The Hall–Kier alpha value is -2.75. The van der Waals surface area contributed by atoms with Gasteiger partial charge >= 0.3 is 0 Å². The lowest BCUT2D eigenvalue weighted by molar-refractivity contribution is 0.413. The van der Waals surface area contributed by atoms with Crippen molar-refractivity contribution in [1.82, 2.24) is 4.98 Å². The molecule has 0 spiro atoms. The highest BCUT2D eigenvalue weighted by molar-refractivity contribution is 5.86. The molecule has 0 aliphatic heterocycles. The number of benzene rings is 2. The molecule has 106 valence electrons. The summed E-state index contributed by atoms with van der Waals surface area (Å²) in [7, 11) is 1.62. The Balaban J connectivity index is 2.01. The topological polar surface area (TPSA) is 51.6 Å². The third-order valence-electron chi connectivity index (χ3n) is 3.27. The van der Waals surface area contributed by atoms with E-state index in [1.807, 2.05) is 42.5 Å². The first-order valence-corrected chi connectivity index (χ1v) is 6.58. The minimum absolute atomic E-state index is 0.160. The first-order valence-electron chi connectivity index (χ1n) is 6.58. The maximum Gasteiger partial charge on any atom is 0.137 e. The normalized spacial score (nSPS) is 10.6. The van der Waals surface area contributed by atoms with E-state index in [0.717, 1.165) is 16.7 Å². The van der Waals surface area contributed by atoms with Gasteiger partial charge in [0.05, 0.1) is 18.3 Å². The fourth-order valence-corrected chi connectivity index (χ4v) is 2.11. The van der Waals surface area contributed by atoms with Gasteiger partial charge < -0.3 is 14.6 Å². The van der Waals surface area contributed by atoms with Gasteiger partial charge in [-0.15, -0.1) is 0 Å². The lowest BCUT2D eigenvalue weighted by atomic mass is 10.1. The summed E-state index contributed by atoms with van der Waals surface area (Å²) in [5.74, 6) is 2.28. The summed E-state index contributed by atoms with van der Waals surface area (Å²) < 4.78 is 11.0. The average molecular weight is 281 g/mol. The van der Waals surface area contributed by atoms with Crippen LogP contribution in [0.4, 0.5) is 0 Å². The molecule has 0 aliphatic carbocycles. The molecule has 0 bridgehead atoms. The van der Waals surface area contributed by atoms with Crippen LogP contribution >= 0.6 is 0 Å². The number of aromatic hydroxyl groups is 1. The smallest absolute Gasteiger partial charge is 0.137 e. The van der Waals surface area contributed by atoms with E-state index in [4.69, 9.17) is 9.47 Å². The predicted octanol–water partition coefficient (Wildman–Crippen LogP) is 4.05. The summed E-state index contributed by atoms with van der Waals surface area (Å²) in [5, 5.41) is 10.6. The molecule has 0 fully saturated rings. The summed E-state index contributed by atoms with van der Waals surface area (Å²) in [6.07, 6.45) is 0. The Labute approximate surface area is 122 Å². The molecule has 3 aromatic rings. The second kappa shape index (κ2) is 5.32. The molecule has 0 unspecified atom stereocenters. The molecule has 4 heteroatoms. The molecular weight excluding hydrogens is 266 g/mol. The van der Waals surface area contributed by atoms with Crippen LogP contribution in [0.2, 0.25) is 0 Å². The van der Waals surface area contributed by atoms with Crippen LogP contribution in [0.3, 0.4) is 0 Å². The second-order valence-corrected chi connectivity index (χ2v) is 4.69. The van der Waals surface area contributed by atoms with Gasteiger partial charge in [-0.1, -0.05) is 6.07 Å². The monoisotopic (exact) mass is 281 g/mol. The molecule has 21 heavy (non-hydrogen) atoms. The number of ether oxygens (including phenoxy) is 2. The molecule has 0 saturated carbocycles. The minimum Gasteiger partial charge on any atom is -0.506 e. The summed E-state index contributed by atoms with van der Waals surface area (Å²) in [5.41, 5.74) is 1.39. The molecule has 0 atom stereocenters. The summed E-state index contributed by atoms with van der Waals surface area (Å²) >= 11 is 0. The number of hydrogen-bond acceptors (Lipinski definition) is 4. The minimum atomic E-state index is 0.160. The first-order chi connectivity index (χ1) is 10.2. The van der Waals surface area contributed by atoms with Crippen molar-refractivity contribution in [3.8, 4) is 23.0 Å². The van der Waals surface area contributed by atoms with Gasteiger partial charge in [-0.05, 0) is 49.4 Å². The van der Waals surface area contributed by atoms with Gasteiger partial charge in [-0.3, -0.25) is 0 Å². The van der Waals surface area contributed by atoms with Crippen LogP contribution < -0.4 is 9.47 Å². The maximum atomic E-state index is 9.84. The van der Waals surface area contributed by atoms with Crippen LogP contribution in [0, 0.1) is 6.92 Å². The summed E-state index contributed by atoms with van der Waals surface area (Å²) in [6, 6.07) is 14.6. The third-order valence-corrected chi connectivity index (χ3v) is 3.27. The largest absolute Gasteiger partial charge is 0.506 e. The molecule has 1 heterocycles. The lowest BCUT2D eigenvalue weighted by Crippen LogP contribution is -1.90. The van der Waals surface area contributed by atoms with Gasteiger partial charge in [0.15, 0.2) is 0 Å². The zero-order chi connectivity index (χ0) is 14.8. The van der Waals surface area contributed by atoms with E-state index in [1.165, 1.54) is 0 Å². The molecule has 0 saturated heterocycles. The number of aryl methyl sites for hydroxylation is 1. The predicted molar refractivity (Wildman–Crippen MR) is 81.2 cm³/mol. The number of methoxy groups -OCH3 is 1. The Morgan fingerprint density at radius 1 is 1.00 bits per heavy atom. The molecule has 0 amide bonds. The van der Waals surface area contributed by atoms with Crippen molar-refractivity contribution in [3.63, 3.8) is 0 Å². The van der Waals surface area contributed by atoms with E-state index >= 15 is 0 Å². The molecule has 0 aliphatic rings. The van der Waals surface area contributed by atoms with Crippen LogP contribution in [-0.2, 0) is 0 Å². The Morgan fingerprint density at radius 2 is 1.71 bits per heavy atom. The molecule has 1 N–H and O–H groups in total. The zero-order valence-corrected chi connectivity index (χ0v) is 11.8. The summed E-state index contributed by atoms with van der Waals surface area (Å²) in [4.78, 5) is 4.35. The van der Waals surface area contributed by atoms with E-state index in [1.54, 1.807) is 20.1 Å². The number of fused-ring (bicyclic) bond motifs is 1. The van der Waals surface area contributed by atoms with Crippen molar-refractivity contribution in [3.05, 3.63) is 54.2 Å². The van der Waals surface area contributed by atoms with Crippen LogP contribution in [0.15, 0.2) is 48.5 Å². The fourth-order valence-electron chi connectivity index (χ4n) is 2.11. The van der Waals surface area contributed by atoms with Gasteiger partial charge in [0.2, 0.25) is 0 Å². The van der Waals surface area contributed by atoms with Crippen molar-refractivity contribution < 1.29 is 14.6 Å². The van der Waals surface area contributed by atoms with Gasteiger partial charge in [-0.25, -0.2) is 4.98 Å². The second-order valence-electron chi connectivity index (χ2n) is 4.69. The molecule has 1 aromatic heterocycles. The van der Waals surface area contributed by atoms with Crippen LogP contribution in [0.1, 0.15) is 5.69 Å². The molecular formula is C17H15NO3. The van der Waals surface area contributed by atoms with Crippen molar-refractivity contribution in [2.75, 3.05) is 7.11 Å². The summed E-state index contributed by atoms with van der Waals surface area (Å²) in [6.45, 7) is 1.77. The fraction of sp³-hybridized carbons (Fsp3) is 0.118. The average Bonchev–Trinajstić information content (AvgIpc) is 2.50. The highest BCUT2D eigenvalue weighted by atomic mass is 16.5. The Kier molecular flexibility index (Phi) is 3.36. The standard InChI is InChI=1S/C17H15NO3/c1-11-16(19)10-14-15(18-11)4-3-5-17(14)21-13-8-6-12(20-2)7-9-13/h3-10,19H,1-2H3. The van der Waals surface area contributed by atoms with E-state index in [9.17, 15) is 5.11 Å². The number of aromatic nitrogens is 1. The highest BCUT2D eigenvalue weighted by Crippen LogP contribution is 2.32. The number of nitrogens with zero attached hydrogens (tertiary/aromatic N) is 1. The van der Waals surface area contributed by atoms with E-state index in [2.05, 4.69) is 4.98 Å². The number of pyridine rings is 1. The van der Waals surface area contributed by atoms with Crippen molar-refractivity contribution in [2.24, 2.45) is 0 Å². The van der Waals surface area contributed by atoms with Crippen LogP contribution in [-0.4, -0.2) is 17.2 Å². The zero-order valence-electron chi connectivity index (χ0n) is 11.8. The van der Waals surface area contributed by atoms with Gasteiger partial charge in [-0.2, -0.15) is 0 Å². The third kappa shape index (κ3) is 2.60. The molecule has 0 radical (unpaired) electrons. The Morgan fingerprint density at radius 3 is 2.43 bits per heavy atom. The van der Waals surface area contributed by atoms with Gasteiger partial charge in [0.1, 0.15) is 23.0 Å². The molecule has 3 rings (SSSR count). The van der Waals surface area contributed by atoms with E-state index < -0.39 is 0 Å². The van der Waals surface area contributed by atoms with Crippen molar-refractivity contribution in [1.29, 1.82) is 0 Å². The van der Waals surface area contributed by atoms with Crippen molar-refractivity contribution >= 4 is 10.9 Å². The quantitative estimate of drug-likeness (QED) is 0.787. The van der Waals surface area contributed by atoms with Crippen molar-refractivity contribution in [2.45, 2.75) is 6.92 Å². The maximum absolute atomic E-state index is 9.84. The lowest BCUT2D eigenvalue weighted by Gasteiger charge is -2.10. The number of rotatable bonds is 3. The molecule has 2 aromatic carbocycles. The Bertz CT molecular complexity index is 782. The van der Waals surface area contributed by atoms with E-state index in [0.29, 0.717) is 17.2 Å². The van der Waals surface area contributed by atoms with Gasteiger partial charge in [0.25, 0.3) is 0 Å². The van der Waals surface area contributed by atoms with Gasteiger partial charge in [0, 0.05) is 5.39 Å². The first kappa shape index (κ1) is 13.2. The molecule has 4 nitrogen and oxygen atoms in total. The van der Waals surface area contributed by atoms with E-state index in [-0.39, 0.29) is 5.75 Å².